The third kappa shape index (κ3) is 3.66. The average molecular weight is 372 g/mol. The quantitative estimate of drug-likeness (QED) is 0.199. The molecule has 28 heavy (non-hydrogen) atoms. The third-order valence-corrected chi connectivity index (χ3v) is 4.58. The van der Waals surface area contributed by atoms with Gasteiger partial charge in [-0.1, -0.05) is 48.0 Å². The van der Waals surface area contributed by atoms with Crippen molar-refractivity contribution in [3.05, 3.63) is 83.4 Å². The largest absolute Gasteiger partial charge is 0.483 e. The summed E-state index contributed by atoms with van der Waals surface area (Å²) >= 11 is 0. The zero-order chi connectivity index (χ0) is 20.1. The second kappa shape index (κ2) is 8.26. The Labute approximate surface area is 162 Å². The van der Waals surface area contributed by atoms with Crippen LogP contribution in [0.3, 0.4) is 0 Å². The van der Waals surface area contributed by atoms with E-state index in [0.717, 1.165) is 22.8 Å². The Balaban J connectivity index is 0.000000706. The fourth-order valence-corrected chi connectivity index (χ4v) is 3.43. The number of carbonyl (C=O) groups is 1. The summed E-state index contributed by atoms with van der Waals surface area (Å²) in [5.74, 6) is -0.0163. The number of aromatic nitrogens is 1. The van der Waals surface area contributed by atoms with Crippen LogP contribution in [-0.4, -0.2) is 22.0 Å². The molecule has 6 heteroatoms. The summed E-state index contributed by atoms with van der Waals surface area (Å²) in [7, 11) is 0. The fraction of sp³-hybridized carbons (Fsp3) is 0.0909. The molecule has 0 bridgehead atoms. The number of hydrogen-bond donors (Lipinski definition) is 3. The lowest BCUT2D eigenvalue weighted by molar-refractivity contribution is -0.122. The Morgan fingerprint density at radius 1 is 1.04 bits per heavy atom. The maximum atomic E-state index is 8.36. The van der Waals surface area contributed by atoms with Gasteiger partial charge in [-0.3, -0.25) is 10.2 Å². The second-order valence-electron chi connectivity index (χ2n) is 6.39. The summed E-state index contributed by atoms with van der Waals surface area (Å²) in [5.41, 5.74) is 12.6. The minimum atomic E-state index is -0.250. The molecule has 3 aromatic carbocycles. The number of fused-ring (bicyclic) bond motifs is 3. The molecule has 0 radical (unpaired) electrons. The van der Waals surface area contributed by atoms with Crippen molar-refractivity contribution in [3.63, 3.8) is 0 Å². The Bertz CT molecular complexity index is 1180. The van der Waals surface area contributed by atoms with E-state index in [-0.39, 0.29) is 12.3 Å². The Morgan fingerprint density at radius 3 is 2.46 bits per heavy atom. The lowest BCUT2D eigenvalue weighted by Crippen LogP contribution is -2.00. The van der Waals surface area contributed by atoms with Crippen molar-refractivity contribution in [2.45, 2.75) is 13.5 Å². The number of para-hydroxylation sites is 1. The first kappa shape index (κ1) is 19.0. The van der Waals surface area contributed by atoms with Crippen LogP contribution in [-0.2, 0) is 11.3 Å². The number of hydrogen-bond acceptors (Lipinski definition) is 3. The van der Waals surface area contributed by atoms with E-state index in [4.69, 9.17) is 20.8 Å². The number of carboxylic acid groups (broad SMARTS) is 1. The molecule has 0 aliphatic heterocycles. The molecule has 6 nitrogen and oxygen atoms in total. The molecule has 0 spiro atoms. The van der Waals surface area contributed by atoms with Gasteiger partial charge in [0, 0.05) is 33.9 Å². The molecule has 0 aliphatic carbocycles. The molecule has 0 aliphatic rings. The summed E-state index contributed by atoms with van der Waals surface area (Å²) in [6.07, 6.45) is 0. The van der Waals surface area contributed by atoms with Crippen molar-refractivity contribution in [1.29, 1.82) is 10.9 Å². The first-order valence-electron chi connectivity index (χ1n) is 8.69. The number of nitrogens with zero attached hydrogens (tertiary/aromatic N) is 2. The van der Waals surface area contributed by atoms with Crippen LogP contribution in [0.4, 0.5) is 0 Å². The molecule has 1 heterocycles. The van der Waals surface area contributed by atoms with Gasteiger partial charge in [-0.2, -0.15) is 0 Å². The topological polar surface area (TPSA) is 102 Å². The highest BCUT2D eigenvalue weighted by Crippen LogP contribution is 2.30. The first-order valence-corrected chi connectivity index (χ1v) is 8.69. The summed E-state index contributed by atoms with van der Waals surface area (Å²) in [6, 6.07) is 22.7. The van der Waals surface area contributed by atoms with E-state index < -0.39 is 0 Å². The molecule has 0 atom stereocenters. The number of benzene rings is 3. The first-order chi connectivity index (χ1) is 13.6. The smallest absolute Gasteiger partial charge is 0.290 e. The summed E-state index contributed by atoms with van der Waals surface area (Å²) in [6.45, 7) is 2.66. The van der Waals surface area contributed by atoms with Crippen LogP contribution in [0.2, 0.25) is 0 Å². The zero-order valence-electron chi connectivity index (χ0n) is 15.4. The van der Waals surface area contributed by atoms with Crippen LogP contribution in [0.1, 0.15) is 16.7 Å². The molecule has 4 rings (SSSR count). The van der Waals surface area contributed by atoms with Gasteiger partial charge < -0.3 is 9.67 Å². The monoisotopic (exact) mass is 372 g/mol. The molecular formula is C22H20N4O2. The van der Waals surface area contributed by atoms with Gasteiger partial charge in [0.05, 0.1) is 0 Å². The minimum absolute atomic E-state index is 0.0163. The van der Waals surface area contributed by atoms with E-state index in [9.17, 15) is 0 Å². The van der Waals surface area contributed by atoms with E-state index in [1.807, 2.05) is 24.3 Å². The highest BCUT2D eigenvalue weighted by atomic mass is 16.3. The Kier molecular flexibility index (Phi) is 5.60. The lowest BCUT2D eigenvalue weighted by atomic mass is 10.1. The Morgan fingerprint density at radius 2 is 1.75 bits per heavy atom. The van der Waals surface area contributed by atoms with Gasteiger partial charge in [-0.05, 0) is 36.8 Å². The standard InChI is InChI=1S/C21H18N4.CH2O2/c1-14-5-4-6-15(11-14)13-25-19-8-3-2-7-17(19)18-12-16(21(22)24-23)9-10-20(18)25;2-1-3/h2-12,22-23H,13H2,1H3;1H,(H,2,3). The molecule has 0 fully saturated rings. The van der Waals surface area contributed by atoms with Crippen LogP contribution in [0.25, 0.3) is 21.8 Å². The average Bonchev–Trinajstić information content (AvgIpc) is 3.01. The number of nitrogens with one attached hydrogen (secondary N) is 2. The van der Waals surface area contributed by atoms with Crippen LogP contribution in [0.5, 0.6) is 0 Å². The molecule has 0 amide bonds. The van der Waals surface area contributed by atoms with Crippen LogP contribution >= 0.6 is 0 Å². The summed E-state index contributed by atoms with van der Waals surface area (Å²) in [5, 5.41) is 20.2. The maximum absolute atomic E-state index is 8.36. The second-order valence-corrected chi connectivity index (χ2v) is 6.39. The van der Waals surface area contributed by atoms with Gasteiger partial charge in [0.15, 0.2) is 5.84 Å². The predicted octanol–water partition coefficient (Wildman–Crippen LogP) is 5.21. The maximum Gasteiger partial charge on any atom is 0.290 e. The van der Waals surface area contributed by atoms with Crippen molar-refractivity contribution in [2.75, 3.05) is 0 Å². The lowest BCUT2D eigenvalue weighted by Gasteiger charge is -2.09. The van der Waals surface area contributed by atoms with Crippen molar-refractivity contribution >= 4 is 34.1 Å². The molecule has 0 unspecified atom stereocenters. The predicted molar refractivity (Wildman–Crippen MR) is 110 cm³/mol. The van der Waals surface area contributed by atoms with Crippen molar-refractivity contribution in [3.8, 4) is 0 Å². The Hall–Kier alpha value is -3.80. The van der Waals surface area contributed by atoms with Gasteiger partial charge >= 0.3 is 0 Å². The highest BCUT2D eigenvalue weighted by molar-refractivity contribution is 6.11. The minimum Gasteiger partial charge on any atom is -0.483 e. The van der Waals surface area contributed by atoms with Gasteiger partial charge in [0.1, 0.15) is 0 Å². The molecule has 140 valence electrons. The van der Waals surface area contributed by atoms with Gasteiger partial charge in [0.25, 0.3) is 6.47 Å². The van der Waals surface area contributed by atoms with E-state index in [0.29, 0.717) is 5.56 Å². The molecular weight excluding hydrogens is 352 g/mol. The number of aryl methyl sites for hydroxylation is 1. The molecule has 0 saturated carbocycles. The highest BCUT2D eigenvalue weighted by Gasteiger charge is 2.12. The van der Waals surface area contributed by atoms with Crippen molar-refractivity contribution < 1.29 is 9.90 Å². The zero-order valence-corrected chi connectivity index (χ0v) is 15.4. The van der Waals surface area contributed by atoms with Crippen LogP contribution in [0.15, 0.2) is 71.8 Å². The van der Waals surface area contributed by atoms with Crippen LogP contribution < -0.4 is 0 Å². The molecule has 3 N–H and O–H groups in total. The number of amidine groups is 1. The molecule has 4 aromatic rings. The van der Waals surface area contributed by atoms with E-state index >= 15 is 0 Å². The van der Waals surface area contributed by atoms with E-state index in [2.05, 4.69) is 59.1 Å². The van der Waals surface area contributed by atoms with Gasteiger partial charge in [-0.25, -0.2) is 5.53 Å². The normalized spacial score (nSPS) is 10.3. The summed E-state index contributed by atoms with van der Waals surface area (Å²) in [4.78, 5) is 8.36. The van der Waals surface area contributed by atoms with E-state index in [1.54, 1.807) is 0 Å². The van der Waals surface area contributed by atoms with Crippen molar-refractivity contribution in [1.82, 2.24) is 4.57 Å². The molecule has 1 aromatic heterocycles. The fourth-order valence-electron chi connectivity index (χ4n) is 3.43. The third-order valence-electron chi connectivity index (χ3n) is 4.58. The van der Waals surface area contributed by atoms with Gasteiger partial charge in [-0.15, -0.1) is 5.11 Å². The van der Waals surface area contributed by atoms with Gasteiger partial charge in [0.2, 0.25) is 0 Å². The number of rotatable bonds is 3. The van der Waals surface area contributed by atoms with Crippen molar-refractivity contribution in [2.24, 2.45) is 5.11 Å². The summed E-state index contributed by atoms with van der Waals surface area (Å²) < 4.78 is 2.31. The molecule has 0 saturated heterocycles. The van der Waals surface area contributed by atoms with Crippen LogP contribution in [0, 0.1) is 17.9 Å². The SMILES string of the molecule is Cc1cccc(Cn2c3ccccc3c3cc(C(=N)N=N)ccc32)c1.O=CO. The van der Waals surface area contributed by atoms with E-state index in [1.165, 1.54) is 16.6 Å².